The molecule has 2 heteroatoms. The molecular formula is C14H19NO. The van der Waals surface area contributed by atoms with Gasteiger partial charge >= 0.3 is 0 Å². The maximum absolute atomic E-state index is 5.59. The Bertz CT molecular complexity index is 345. The zero-order valence-corrected chi connectivity index (χ0v) is 9.83. The number of hydrogen-bond acceptors (Lipinski definition) is 2. The molecule has 0 aliphatic carbocycles. The first-order chi connectivity index (χ1) is 7.86. The van der Waals surface area contributed by atoms with E-state index in [0.29, 0.717) is 6.54 Å². The van der Waals surface area contributed by atoms with Crippen molar-refractivity contribution >= 4 is 0 Å². The summed E-state index contributed by atoms with van der Waals surface area (Å²) in [5, 5.41) is 0. The Morgan fingerprint density at radius 1 is 1.19 bits per heavy atom. The summed E-state index contributed by atoms with van der Waals surface area (Å²) in [4.78, 5) is 0. The second kappa shape index (κ2) is 7.78. The molecule has 0 saturated carbocycles. The van der Waals surface area contributed by atoms with E-state index in [2.05, 4.69) is 18.8 Å². The zero-order valence-electron chi connectivity index (χ0n) is 9.83. The maximum atomic E-state index is 5.59. The normalized spacial score (nSPS) is 9.38. The monoisotopic (exact) mass is 217 g/mol. The van der Waals surface area contributed by atoms with Gasteiger partial charge in [-0.3, -0.25) is 0 Å². The van der Waals surface area contributed by atoms with Crippen LogP contribution in [0.15, 0.2) is 24.3 Å². The van der Waals surface area contributed by atoms with Crippen LogP contribution in [0.4, 0.5) is 0 Å². The molecule has 16 heavy (non-hydrogen) atoms. The molecule has 0 saturated heterocycles. The van der Waals surface area contributed by atoms with Gasteiger partial charge in [-0.1, -0.05) is 31.6 Å². The molecule has 0 aliphatic heterocycles. The average molecular weight is 217 g/mol. The van der Waals surface area contributed by atoms with Crippen molar-refractivity contribution in [3.63, 3.8) is 0 Å². The predicted molar refractivity (Wildman–Crippen MR) is 67.4 cm³/mol. The smallest absolute Gasteiger partial charge is 0.119 e. The lowest BCUT2D eigenvalue weighted by Crippen LogP contribution is -1.96. The first-order valence-electron chi connectivity index (χ1n) is 5.78. The van der Waals surface area contributed by atoms with E-state index in [1.807, 2.05) is 24.3 Å². The molecule has 1 aromatic rings. The van der Waals surface area contributed by atoms with Gasteiger partial charge in [0.2, 0.25) is 0 Å². The van der Waals surface area contributed by atoms with Gasteiger partial charge in [-0.05, 0) is 30.7 Å². The number of ether oxygens (including phenoxy) is 1. The second-order valence-electron chi connectivity index (χ2n) is 3.59. The standard InChI is InChI=1S/C14H19NO/c1-2-3-4-12-16-14-9-7-13(8-10-14)6-5-11-15/h7-10H,2-4,11-12,15H2,1H3. The van der Waals surface area contributed by atoms with Crippen molar-refractivity contribution < 1.29 is 4.74 Å². The van der Waals surface area contributed by atoms with Crippen LogP contribution in [0.1, 0.15) is 31.7 Å². The highest BCUT2D eigenvalue weighted by atomic mass is 16.5. The topological polar surface area (TPSA) is 35.2 Å². The van der Waals surface area contributed by atoms with Gasteiger partial charge in [0.15, 0.2) is 0 Å². The third-order valence-electron chi connectivity index (χ3n) is 2.21. The van der Waals surface area contributed by atoms with Gasteiger partial charge in [0, 0.05) is 5.56 Å². The molecule has 2 nitrogen and oxygen atoms in total. The fraction of sp³-hybridized carbons (Fsp3) is 0.429. The number of rotatable bonds is 5. The highest BCUT2D eigenvalue weighted by molar-refractivity contribution is 5.38. The third kappa shape index (κ3) is 4.86. The molecule has 1 aromatic carbocycles. The number of unbranched alkanes of at least 4 members (excludes halogenated alkanes) is 2. The van der Waals surface area contributed by atoms with Gasteiger partial charge < -0.3 is 10.5 Å². The van der Waals surface area contributed by atoms with Crippen molar-refractivity contribution in [1.82, 2.24) is 0 Å². The summed E-state index contributed by atoms with van der Waals surface area (Å²) in [6.45, 7) is 3.38. The number of benzene rings is 1. The maximum Gasteiger partial charge on any atom is 0.119 e. The summed E-state index contributed by atoms with van der Waals surface area (Å²) in [6, 6.07) is 7.81. The molecule has 0 aliphatic rings. The van der Waals surface area contributed by atoms with Gasteiger partial charge in [-0.2, -0.15) is 0 Å². The minimum Gasteiger partial charge on any atom is -0.494 e. The lowest BCUT2D eigenvalue weighted by atomic mass is 10.2. The van der Waals surface area contributed by atoms with E-state index in [9.17, 15) is 0 Å². The Hall–Kier alpha value is -1.46. The summed E-state index contributed by atoms with van der Waals surface area (Å²) in [5.74, 6) is 6.71. The van der Waals surface area contributed by atoms with Gasteiger partial charge in [0.25, 0.3) is 0 Å². The summed E-state index contributed by atoms with van der Waals surface area (Å²) in [5.41, 5.74) is 6.28. The third-order valence-corrected chi connectivity index (χ3v) is 2.21. The molecule has 0 heterocycles. The van der Waals surface area contributed by atoms with E-state index in [4.69, 9.17) is 10.5 Å². The van der Waals surface area contributed by atoms with Crippen LogP contribution in [-0.4, -0.2) is 13.2 Å². The van der Waals surface area contributed by atoms with Gasteiger partial charge in [0.1, 0.15) is 5.75 Å². The summed E-state index contributed by atoms with van der Waals surface area (Å²) in [7, 11) is 0. The minimum absolute atomic E-state index is 0.398. The van der Waals surface area contributed by atoms with Crippen molar-refractivity contribution in [2.45, 2.75) is 26.2 Å². The van der Waals surface area contributed by atoms with Crippen LogP contribution < -0.4 is 10.5 Å². The molecule has 0 fully saturated rings. The summed E-state index contributed by atoms with van der Waals surface area (Å²) < 4.78 is 5.59. The summed E-state index contributed by atoms with van der Waals surface area (Å²) >= 11 is 0. The van der Waals surface area contributed by atoms with E-state index in [0.717, 1.165) is 24.3 Å². The van der Waals surface area contributed by atoms with Crippen LogP contribution >= 0.6 is 0 Å². The minimum atomic E-state index is 0.398. The van der Waals surface area contributed by atoms with Crippen LogP contribution in [0.3, 0.4) is 0 Å². The molecule has 0 amide bonds. The van der Waals surface area contributed by atoms with E-state index in [1.54, 1.807) is 0 Å². The van der Waals surface area contributed by atoms with Crippen LogP contribution in [0.25, 0.3) is 0 Å². The van der Waals surface area contributed by atoms with E-state index >= 15 is 0 Å². The van der Waals surface area contributed by atoms with Crippen LogP contribution in [-0.2, 0) is 0 Å². The SMILES string of the molecule is CCCCCOc1ccc(C#CCN)cc1. The Morgan fingerprint density at radius 2 is 1.94 bits per heavy atom. The molecule has 0 atom stereocenters. The molecular weight excluding hydrogens is 198 g/mol. The molecule has 0 unspecified atom stereocenters. The predicted octanol–water partition coefficient (Wildman–Crippen LogP) is 2.57. The van der Waals surface area contributed by atoms with Gasteiger partial charge in [-0.25, -0.2) is 0 Å². The zero-order chi connectivity index (χ0) is 11.6. The van der Waals surface area contributed by atoms with Crippen molar-refractivity contribution in [2.24, 2.45) is 5.73 Å². The second-order valence-corrected chi connectivity index (χ2v) is 3.59. The largest absolute Gasteiger partial charge is 0.494 e. The first kappa shape index (κ1) is 12.6. The quantitative estimate of drug-likeness (QED) is 0.607. The van der Waals surface area contributed by atoms with Crippen molar-refractivity contribution in [2.75, 3.05) is 13.2 Å². The first-order valence-corrected chi connectivity index (χ1v) is 5.78. The average Bonchev–Trinajstić information content (AvgIpc) is 2.33. The van der Waals surface area contributed by atoms with E-state index in [-0.39, 0.29) is 0 Å². The van der Waals surface area contributed by atoms with Crippen molar-refractivity contribution in [3.8, 4) is 17.6 Å². The van der Waals surface area contributed by atoms with Crippen LogP contribution in [0.2, 0.25) is 0 Å². The van der Waals surface area contributed by atoms with Gasteiger partial charge in [-0.15, -0.1) is 0 Å². The Balaban J connectivity index is 2.39. The molecule has 0 spiro atoms. The Kier molecular flexibility index (Phi) is 6.13. The summed E-state index contributed by atoms with van der Waals surface area (Å²) in [6.07, 6.45) is 3.56. The van der Waals surface area contributed by atoms with Crippen molar-refractivity contribution in [3.05, 3.63) is 29.8 Å². The number of nitrogens with two attached hydrogens (primary N) is 1. The molecule has 0 radical (unpaired) electrons. The van der Waals surface area contributed by atoms with Crippen LogP contribution in [0.5, 0.6) is 5.75 Å². The van der Waals surface area contributed by atoms with E-state index < -0.39 is 0 Å². The fourth-order valence-electron chi connectivity index (χ4n) is 1.33. The van der Waals surface area contributed by atoms with E-state index in [1.165, 1.54) is 12.8 Å². The Labute approximate surface area is 97.8 Å². The fourth-order valence-corrected chi connectivity index (χ4v) is 1.33. The highest BCUT2D eigenvalue weighted by Gasteiger charge is 1.93. The Morgan fingerprint density at radius 3 is 2.56 bits per heavy atom. The molecule has 1 rings (SSSR count). The molecule has 0 bridgehead atoms. The lowest BCUT2D eigenvalue weighted by molar-refractivity contribution is 0.306. The molecule has 2 N–H and O–H groups in total. The van der Waals surface area contributed by atoms with Crippen LogP contribution in [0, 0.1) is 11.8 Å². The van der Waals surface area contributed by atoms with Crippen molar-refractivity contribution in [1.29, 1.82) is 0 Å². The highest BCUT2D eigenvalue weighted by Crippen LogP contribution is 2.12. The molecule has 0 aromatic heterocycles. The number of hydrogen-bond donors (Lipinski definition) is 1. The molecule has 86 valence electrons. The lowest BCUT2D eigenvalue weighted by Gasteiger charge is -2.05. The van der Waals surface area contributed by atoms with Gasteiger partial charge in [0.05, 0.1) is 13.2 Å².